The molecule has 1 amide bonds. The van der Waals surface area contributed by atoms with Gasteiger partial charge in [0.2, 0.25) is 0 Å². The van der Waals surface area contributed by atoms with Gasteiger partial charge in [-0.15, -0.1) is 0 Å². The van der Waals surface area contributed by atoms with E-state index in [1.54, 1.807) is 11.0 Å². The molecule has 1 fully saturated rings. The van der Waals surface area contributed by atoms with Crippen LogP contribution in [0.15, 0.2) is 41.2 Å². The summed E-state index contributed by atoms with van der Waals surface area (Å²) in [5.74, 6) is -0.119. The van der Waals surface area contributed by atoms with E-state index in [4.69, 9.17) is 0 Å². The summed E-state index contributed by atoms with van der Waals surface area (Å²) in [7, 11) is 0. The Balaban J connectivity index is 1.94. The predicted molar refractivity (Wildman–Crippen MR) is 80.0 cm³/mol. The number of nitrogens with one attached hydrogen (secondary N) is 1. The minimum atomic E-state index is -0.489. The van der Waals surface area contributed by atoms with Crippen LogP contribution in [0.5, 0.6) is 0 Å². The second kappa shape index (κ2) is 5.91. The van der Waals surface area contributed by atoms with E-state index in [-0.39, 0.29) is 5.91 Å². The molecule has 0 atom stereocenters. The lowest BCUT2D eigenvalue weighted by atomic mass is 10.1. The van der Waals surface area contributed by atoms with Crippen LogP contribution in [0.4, 0.5) is 0 Å². The maximum Gasteiger partial charge on any atom is 0.346 e. The van der Waals surface area contributed by atoms with Gasteiger partial charge in [-0.25, -0.2) is 4.79 Å². The number of rotatable bonds is 2. The lowest BCUT2D eigenvalue weighted by molar-refractivity contribution is 0.0718. The van der Waals surface area contributed by atoms with Crippen LogP contribution in [0, 0.1) is 0 Å². The Bertz CT molecular complexity index is 688. The number of carbonyl (C=O) groups excluding carboxylic acids is 1. The van der Waals surface area contributed by atoms with E-state index < -0.39 is 5.69 Å². The molecule has 1 aliphatic rings. The third-order valence-corrected chi connectivity index (χ3v) is 3.69. The number of H-pyrrole nitrogens is 1. The largest absolute Gasteiger partial charge is 0.346 e. The first-order chi connectivity index (χ1) is 10.2. The molecule has 2 aromatic rings. The fourth-order valence-electron chi connectivity index (χ4n) is 2.60. The van der Waals surface area contributed by atoms with Crippen molar-refractivity contribution in [3.8, 4) is 11.3 Å². The molecule has 1 N–H and O–H groups in total. The minimum absolute atomic E-state index is 0.119. The summed E-state index contributed by atoms with van der Waals surface area (Å²) in [6.07, 6.45) is 3.20. The van der Waals surface area contributed by atoms with E-state index in [1.165, 1.54) is 0 Å². The Morgan fingerprint density at radius 1 is 1.10 bits per heavy atom. The number of aromatic nitrogens is 2. The molecule has 5 nitrogen and oxygen atoms in total. The number of aromatic amines is 1. The smallest absolute Gasteiger partial charge is 0.337 e. The highest BCUT2D eigenvalue weighted by molar-refractivity contribution is 5.93. The van der Waals surface area contributed by atoms with Gasteiger partial charge in [-0.05, 0) is 25.3 Å². The van der Waals surface area contributed by atoms with Gasteiger partial charge >= 0.3 is 5.69 Å². The fraction of sp³-hybridized carbons (Fsp3) is 0.312. The highest BCUT2D eigenvalue weighted by Gasteiger charge is 2.19. The standard InChI is InChI=1S/C16H17N3O2/c20-15(19-9-5-2-6-10-19)14-11-13(17-16(21)18-14)12-7-3-1-4-8-12/h1,3-4,7-8,11H,2,5-6,9-10H2,(H,17,18,21). The van der Waals surface area contributed by atoms with Gasteiger partial charge in [-0.1, -0.05) is 30.3 Å². The summed E-state index contributed by atoms with van der Waals surface area (Å²) in [6, 6.07) is 11.1. The second-order valence-electron chi connectivity index (χ2n) is 5.20. The Kier molecular flexibility index (Phi) is 3.81. The molecule has 0 aliphatic carbocycles. The van der Waals surface area contributed by atoms with Gasteiger partial charge in [0.25, 0.3) is 5.91 Å². The molecule has 5 heteroatoms. The molecule has 0 bridgehead atoms. The molecule has 21 heavy (non-hydrogen) atoms. The van der Waals surface area contributed by atoms with Crippen molar-refractivity contribution in [1.82, 2.24) is 14.9 Å². The molecular weight excluding hydrogens is 266 g/mol. The monoisotopic (exact) mass is 283 g/mol. The van der Waals surface area contributed by atoms with Gasteiger partial charge < -0.3 is 9.88 Å². The van der Waals surface area contributed by atoms with Crippen molar-refractivity contribution in [2.24, 2.45) is 0 Å². The van der Waals surface area contributed by atoms with E-state index in [0.29, 0.717) is 11.4 Å². The van der Waals surface area contributed by atoms with Crippen molar-refractivity contribution >= 4 is 5.91 Å². The summed E-state index contributed by atoms with van der Waals surface area (Å²) in [5, 5.41) is 0. The summed E-state index contributed by atoms with van der Waals surface area (Å²) in [5.41, 5.74) is 1.18. The molecule has 0 unspecified atom stereocenters. The predicted octanol–water partition coefficient (Wildman–Crippen LogP) is 2.06. The zero-order valence-corrected chi connectivity index (χ0v) is 11.7. The fourth-order valence-corrected chi connectivity index (χ4v) is 2.60. The number of benzene rings is 1. The Morgan fingerprint density at radius 3 is 2.52 bits per heavy atom. The topological polar surface area (TPSA) is 66.1 Å². The van der Waals surface area contributed by atoms with Gasteiger partial charge in [-0.3, -0.25) is 4.79 Å². The van der Waals surface area contributed by atoms with Crippen LogP contribution in [0.2, 0.25) is 0 Å². The van der Waals surface area contributed by atoms with Crippen LogP contribution in [-0.2, 0) is 0 Å². The number of nitrogens with zero attached hydrogens (tertiary/aromatic N) is 2. The summed E-state index contributed by atoms with van der Waals surface area (Å²) < 4.78 is 0. The third-order valence-electron chi connectivity index (χ3n) is 3.69. The second-order valence-corrected chi connectivity index (χ2v) is 5.20. The van der Waals surface area contributed by atoms with E-state index >= 15 is 0 Å². The average Bonchev–Trinajstić information content (AvgIpc) is 2.55. The van der Waals surface area contributed by atoms with E-state index in [2.05, 4.69) is 9.97 Å². The van der Waals surface area contributed by atoms with Gasteiger partial charge in [0.1, 0.15) is 5.69 Å². The van der Waals surface area contributed by atoms with Crippen molar-refractivity contribution < 1.29 is 4.79 Å². The molecule has 1 aliphatic heterocycles. The highest BCUT2D eigenvalue weighted by atomic mass is 16.2. The molecule has 3 rings (SSSR count). The number of carbonyl (C=O) groups is 1. The maximum atomic E-state index is 12.5. The van der Waals surface area contributed by atoms with Crippen molar-refractivity contribution in [3.05, 3.63) is 52.6 Å². The van der Waals surface area contributed by atoms with Crippen molar-refractivity contribution in [2.45, 2.75) is 19.3 Å². The molecule has 0 spiro atoms. The number of amides is 1. The molecule has 1 aromatic carbocycles. The van der Waals surface area contributed by atoms with Crippen molar-refractivity contribution in [1.29, 1.82) is 0 Å². The zero-order chi connectivity index (χ0) is 14.7. The molecule has 1 saturated heterocycles. The quantitative estimate of drug-likeness (QED) is 0.917. The van der Waals surface area contributed by atoms with Crippen molar-refractivity contribution in [2.75, 3.05) is 13.1 Å². The zero-order valence-electron chi connectivity index (χ0n) is 11.7. The molecule has 108 valence electrons. The van der Waals surface area contributed by atoms with E-state index in [0.717, 1.165) is 37.9 Å². The number of piperidine rings is 1. The molecular formula is C16H17N3O2. The lowest BCUT2D eigenvalue weighted by Gasteiger charge is -2.26. The normalized spacial score (nSPS) is 15.0. The van der Waals surface area contributed by atoms with Gasteiger partial charge in [0, 0.05) is 18.7 Å². The lowest BCUT2D eigenvalue weighted by Crippen LogP contribution is -2.37. The van der Waals surface area contributed by atoms with Crippen LogP contribution in [0.1, 0.15) is 29.8 Å². The van der Waals surface area contributed by atoms with Crippen LogP contribution in [0.25, 0.3) is 11.3 Å². The molecule has 2 heterocycles. The Morgan fingerprint density at radius 2 is 1.81 bits per heavy atom. The van der Waals surface area contributed by atoms with E-state index in [1.807, 2.05) is 30.3 Å². The van der Waals surface area contributed by atoms with Crippen LogP contribution < -0.4 is 5.69 Å². The summed E-state index contributed by atoms with van der Waals surface area (Å²) in [4.78, 5) is 32.5. The Hall–Kier alpha value is -2.43. The average molecular weight is 283 g/mol. The van der Waals surface area contributed by atoms with Crippen LogP contribution in [-0.4, -0.2) is 33.9 Å². The van der Waals surface area contributed by atoms with Crippen LogP contribution in [0.3, 0.4) is 0 Å². The van der Waals surface area contributed by atoms with E-state index in [9.17, 15) is 9.59 Å². The summed E-state index contributed by atoms with van der Waals surface area (Å²) in [6.45, 7) is 1.51. The highest BCUT2D eigenvalue weighted by Crippen LogP contribution is 2.17. The number of hydrogen-bond acceptors (Lipinski definition) is 3. The molecule has 1 aromatic heterocycles. The SMILES string of the molecule is O=C(c1cc(-c2ccccc2)nc(=O)[nH]1)N1CCCCC1. The van der Waals surface area contributed by atoms with Crippen LogP contribution >= 0.6 is 0 Å². The minimum Gasteiger partial charge on any atom is -0.337 e. The molecule has 0 radical (unpaired) electrons. The van der Waals surface area contributed by atoms with Crippen molar-refractivity contribution in [3.63, 3.8) is 0 Å². The van der Waals surface area contributed by atoms with Gasteiger partial charge in [0.15, 0.2) is 0 Å². The number of likely N-dealkylation sites (tertiary alicyclic amines) is 1. The summed E-state index contributed by atoms with van der Waals surface area (Å²) >= 11 is 0. The molecule has 0 saturated carbocycles. The number of hydrogen-bond donors (Lipinski definition) is 1. The third kappa shape index (κ3) is 3.02. The first kappa shape index (κ1) is 13.5. The maximum absolute atomic E-state index is 12.5. The first-order valence-corrected chi connectivity index (χ1v) is 7.20. The van der Waals surface area contributed by atoms with Gasteiger partial charge in [0.05, 0.1) is 5.69 Å². The Labute approximate surface area is 122 Å². The van der Waals surface area contributed by atoms with Gasteiger partial charge in [-0.2, -0.15) is 4.98 Å². The first-order valence-electron chi connectivity index (χ1n) is 7.20.